The molecule has 138 valence electrons. The molecule has 2 nitrogen and oxygen atoms in total. The average molecular weight is 366 g/mol. The van der Waals surface area contributed by atoms with Crippen LogP contribution in [0.1, 0.15) is 33.4 Å². The Kier molecular flexibility index (Phi) is 6.05. The van der Waals surface area contributed by atoms with Gasteiger partial charge in [-0.05, 0) is 38.1 Å². The van der Waals surface area contributed by atoms with Gasteiger partial charge in [0.15, 0.2) is 0 Å². The average Bonchev–Trinajstić information content (AvgIpc) is 2.72. The van der Waals surface area contributed by atoms with Crippen LogP contribution in [-0.2, 0) is 0 Å². The maximum atomic E-state index is 5.53. The second-order valence-corrected chi connectivity index (χ2v) is 6.48. The highest BCUT2D eigenvalue weighted by atomic mass is 16.5. The maximum absolute atomic E-state index is 5.53. The minimum atomic E-state index is 0.675. The maximum Gasteiger partial charge on any atom is 0.136 e. The van der Waals surface area contributed by atoms with Gasteiger partial charge in [-0.2, -0.15) is 0 Å². The van der Waals surface area contributed by atoms with Crippen molar-refractivity contribution >= 4 is 0 Å². The van der Waals surface area contributed by atoms with Crippen LogP contribution < -0.4 is 9.47 Å². The van der Waals surface area contributed by atoms with E-state index in [-0.39, 0.29) is 0 Å². The third-order valence-electron chi connectivity index (χ3n) is 4.31. The SMILES string of the molecule is COc1cc(C#Cc2ccc(C)cc2)c(OC)cc1C#Cc1ccc(C)cc1. The van der Waals surface area contributed by atoms with Gasteiger partial charge in [0.2, 0.25) is 0 Å². The van der Waals surface area contributed by atoms with E-state index in [9.17, 15) is 0 Å². The number of aryl methyl sites for hydroxylation is 2. The highest BCUT2D eigenvalue weighted by Crippen LogP contribution is 2.28. The second-order valence-electron chi connectivity index (χ2n) is 6.48. The number of rotatable bonds is 2. The van der Waals surface area contributed by atoms with Gasteiger partial charge in [0.25, 0.3) is 0 Å². The largest absolute Gasteiger partial charge is 0.495 e. The fraction of sp³-hybridized carbons (Fsp3) is 0.154. The van der Waals surface area contributed by atoms with Crippen molar-refractivity contribution in [3.63, 3.8) is 0 Å². The molecule has 0 amide bonds. The number of hydrogen-bond acceptors (Lipinski definition) is 2. The van der Waals surface area contributed by atoms with Gasteiger partial charge in [-0.25, -0.2) is 0 Å². The Morgan fingerprint density at radius 2 is 0.893 bits per heavy atom. The standard InChI is InChI=1S/C26H22O2/c1-19-5-9-21(10-6-19)13-15-23-17-26(28-4)24(18-25(23)27-3)16-14-22-11-7-20(2)8-12-22/h5-12,17-18H,1-4H3. The lowest BCUT2D eigenvalue weighted by atomic mass is 10.1. The Morgan fingerprint density at radius 3 is 1.21 bits per heavy atom. The summed E-state index contributed by atoms with van der Waals surface area (Å²) < 4.78 is 11.1. The van der Waals surface area contributed by atoms with E-state index in [4.69, 9.17) is 9.47 Å². The first-order valence-corrected chi connectivity index (χ1v) is 9.02. The normalized spacial score (nSPS) is 9.57. The van der Waals surface area contributed by atoms with Crippen LogP contribution in [0.3, 0.4) is 0 Å². The molecular weight excluding hydrogens is 344 g/mol. The van der Waals surface area contributed by atoms with Gasteiger partial charge in [-0.3, -0.25) is 0 Å². The predicted octanol–water partition coefficient (Wildman–Crippen LogP) is 5.12. The van der Waals surface area contributed by atoms with Crippen molar-refractivity contribution in [1.29, 1.82) is 0 Å². The molecule has 3 rings (SSSR count). The van der Waals surface area contributed by atoms with E-state index in [1.54, 1.807) is 14.2 Å². The number of ether oxygens (including phenoxy) is 2. The Balaban J connectivity index is 1.96. The van der Waals surface area contributed by atoms with E-state index in [0.717, 1.165) is 22.3 Å². The number of benzene rings is 3. The topological polar surface area (TPSA) is 18.5 Å². The quantitative estimate of drug-likeness (QED) is 0.586. The lowest BCUT2D eigenvalue weighted by Gasteiger charge is -2.09. The molecule has 0 aromatic heterocycles. The summed E-state index contributed by atoms with van der Waals surface area (Å²) >= 11 is 0. The zero-order valence-corrected chi connectivity index (χ0v) is 16.6. The zero-order valence-electron chi connectivity index (χ0n) is 16.6. The van der Waals surface area contributed by atoms with Gasteiger partial charge in [-0.1, -0.05) is 59.1 Å². The summed E-state index contributed by atoms with van der Waals surface area (Å²) in [5.74, 6) is 14.1. The minimum absolute atomic E-state index is 0.675. The molecular formula is C26H22O2. The fourth-order valence-electron chi connectivity index (χ4n) is 2.65. The van der Waals surface area contributed by atoms with Gasteiger partial charge >= 0.3 is 0 Å². The van der Waals surface area contributed by atoms with Crippen LogP contribution in [0.25, 0.3) is 0 Å². The van der Waals surface area contributed by atoms with Crippen LogP contribution in [0, 0.1) is 37.5 Å². The van der Waals surface area contributed by atoms with Gasteiger partial charge in [-0.15, -0.1) is 0 Å². The Morgan fingerprint density at radius 1 is 0.536 bits per heavy atom. The molecule has 28 heavy (non-hydrogen) atoms. The highest BCUT2D eigenvalue weighted by molar-refractivity contribution is 5.60. The summed E-state index contributed by atoms with van der Waals surface area (Å²) in [5.41, 5.74) is 5.86. The monoisotopic (exact) mass is 366 g/mol. The lowest BCUT2D eigenvalue weighted by molar-refractivity contribution is 0.401. The van der Waals surface area contributed by atoms with Crippen molar-refractivity contribution in [3.8, 4) is 35.2 Å². The minimum Gasteiger partial charge on any atom is -0.495 e. The first-order chi connectivity index (χ1) is 13.6. The molecule has 0 heterocycles. The molecule has 0 aliphatic heterocycles. The lowest BCUT2D eigenvalue weighted by Crippen LogP contribution is -1.94. The molecule has 0 spiro atoms. The Labute approximate surface area is 167 Å². The van der Waals surface area contributed by atoms with Gasteiger partial charge < -0.3 is 9.47 Å². The van der Waals surface area contributed by atoms with E-state index >= 15 is 0 Å². The Bertz CT molecular complexity index is 993. The number of hydrogen-bond donors (Lipinski definition) is 0. The van der Waals surface area contributed by atoms with Crippen molar-refractivity contribution in [1.82, 2.24) is 0 Å². The summed E-state index contributed by atoms with van der Waals surface area (Å²) in [6, 6.07) is 20.0. The van der Waals surface area contributed by atoms with Crippen molar-refractivity contribution < 1.29 is 9.47 Å². The molecule has 2 heteroatoms. The molecule has 0 radical (unpaired) electrons. The first-order valence-electron chi connectivity index (χ1n) is 9.02. The smallest absolute Gasteiger partial charge is 0.136 e. The molecule has 0 fully saturated rings. The van der Waals surface area contributed by atoms with Crippen molar-refractivity contribution in [2.75, 3.05) is 14.2 Å². The van der Waals surface area contributed by atoms with E-state index in [1.807, 2.05) is 60.7 Å². The molecule has 0 unspecified atom stereocenters. The highest BCUT2D eigenvalue weighted by Gasteiger charge is 2.08. The van der Waals surface area contributed by atoms with Crippen molar-refractivity contribution in [2.45, 2.75) is 13.8 Å². The summed E-state index contributed by atoms with van der Waals surface area (Å²) in [6.45, 7) is 4.11. The zero-order chi connectivity index (χ0) is 19.9. The van der Waals surface area contributed by atoms with Crippen LogP contribution in [0.15, 0.2) is 60.7 Å². The third-order valence-corrected chi connectivity index (χ3v) is 4.31. The van der Waals surface area contributed by atoms with Gasteiger partial charge in [0.05, 0.1) is 25.3 Å². The van der Waals surface area contributed by atoms with E-state index < -0.39 is 0 Å². The van der Waals surface area contributed by atoms with Crippen LogP contribution in [-0.4, -0.2) is 14.2 Å². The van der Waals surface area contributed by atoms with Crippen LogP contribution in [0.5, 0.6) is 11.5 Å². The Hall–Kier alpha value is -3.62. The molecule has 0 atom stereocenters. The molecule has 0 aliphatic rings. The van der Waals surface area contributed by atoms with E-state index in [1.165, 1.54) is 11.1 Å². The molecule has 0 aliphatic carbocycles. The molecule has 0 N–H and O–H groups in total. The molecule has 3 aromatic carbocycles. The molecule has 0 bridgehead atoms. The molecule has 3 aromatic rings. The summed E-state index contributed by atoms with van der Waals surface area (Å²) in [6.07, 6.45) is 0. The third kappa shape index (κ3) is 4.76. The summed E-state index contributed by atoms with van der Waals surface area (Å²) in [5, 5.41) is 0. The summed E-state index contributed by atoms with van der Waals surface area (Å²) in [7, 11) is 3.27. The molecule has 0 saturated heterocycles. The van der Waals surface area contributed by atoms with Crippen molar-refractivity contribution in [3.05, 3.63) is 94.0 Å². The summed E-state index contributed by atoms with van der Waals surface area (Å²) in [4.78, 5) is 0. The first kappa shape index (κ1) is 19.2. The van der Waals surface area contributed by atoms with E-state index in [2.05, 4.69) is 37.5 Å². The van der Waals surface area contributed by atoms with E-state index in [0.29, 0.717) is 11.5 Å². The predicted molar refractivity (Wildman–Crippen MR) is 114 cm³/mol. The second kappa shape index (κ2) is 8.85. The van der Waals surface area contributed by atoms with Crippen molar-refractivity contribution in [2.24, 2.45) is 0 Å². The van der Waals surface area contributed by atoms with Gasteiger partial charge in [0.1, 0.15) is 11.5 Å². The van der Waals surface area contributed by atoms with Gasteiger partial charge in [0, 0.05) is 23.3 Å². The van der Waals surface area contributed by atoms with Crippen LogP contribution in [0.4, 0.5) is 0 Å². The fourth-order valence-corrected chi connectivity index (χ4v) is 2.65. The van der Waals surface area contributed by atoms with Crippen LogP contribution >= 0.6 is 0 Å². The molecule has 0 saturated carbocycles. The number of methoxy groups -OCH3 is 2. The van der Waals surface area contributed by atoms with Crippen LogP contribution in [0.2, 0.25) is 0 Å².